The van der Waals surface area contributed by atoms with Gasteiger partial charge < -0.3 is 10.1 Å². The zero-order valence-corrected chi connectivity index (χ0v) is 21.4. The number of amides is 1. The highest BCUT2D eigenvalue weighted by atomic mass is 79.9. The molecular formula is C24H16Br2Cl2N2O2. The van der Waals surface area contributed by atoms with Crippen LogP contribution in [0.15, 0.2) is 69.1 Å². The van der Waals surface area contributed by atoms with Crippen molar-refractivity contribution in [2.45, 2.75) is 13.5 Å². The van der Waals surface area contributed by atoms with Crippen molar-refractivity contribution in [3.05, 3.63) is 95.9 Å². The van der Waals surface area contributed by atoms with Crippen molar-refractivity contribution < 1.29 is 9.53 Å². The highest BCUT2D eigenvalue weighted by Crippen LogP contribution is 2.36. The molecule has 3 rings (SSSR count). The maximum Gasteiger partial charge on any atom is 0.266 e. The minimum absolute atomic E-state index is 0.0435. The maximum absolute atomic E-state index is 12.6. The Hall–Kier alpha value is -2.30. The Labute approximate surface area is 213 Å². The molecule has 0 saturated heterocycles. The molecule has 0 unspecified atom stereocenters. The normalized spacial score (nSPS) is 11.1. The molecule has 0 atom stereocenters. The largest absolute Gasteiger partial charge is 0.487 e. The van der Waals surface area contributed by atoms with E-state index in [2.05, 4.69) is 37.2 Å². The molecule has 1 N–H and O–H groups in total. The Balaban J connectivity index is 1.78. The summed E-state index contributed by atoms with van der Waals surface area (Å²) in [6, 6.07) is 18.1. The van der Waals surface area contributed by atoms with Crippen LogP contribution in [0.2, 0.25) is 10.0 Å². The van der Waals surface area contributed by atoms with Crippen LogP contribution in [0, 0.1) is 18.3 Å². The summed E-state index contributed by atoms with van der Waals surface area (Å²) in [5, 5.41) is 13.4. The molecule has 8 heteroatoms. The summed E-state index contributed by atoms with van der Waals surface area (Å²) < 4.78 is 7.27. The third-order valence-corrected chi connectivity index (χ3v) is 6.11. The van der Waals surface area contributed by atoms with Crippen molar-refractivity contribution in [2.24, 2.45) is 0 Å². The van der Waals surface area contributed by atoms with E-state index < -0.39 is 5.91 Å². The van der Waals surface area contributed by atoms with Gasteiger partial charge in [0.15, 0.2) is 0 Å². The average Bonchev–Trinajstić information content (AvgIpc) is 2.75. The van der Waals surface area contributed by atoms with Crippen LogP contribution in [-0.2, 0) is 11.4 Å². The third-order valence-electron chi connectivity index (χ3n) is 4.44. The predicted molar refractivity (Wildman–Crippen MR) is 136 cm³/mol. The molecule has 162 valence electrons. The summed E-state index contributed by atoms with van der Waals surface area (Å²) in [5.74, 6) is 0.0859. The van der Waals surface area contributed by atoms with Gasteiger partial charge in [0.25, 0.3) is 5.91 Å². The minimum Gasteiger partial charge on any atom is -0.487 e. The highest BCUT2D eigenvalue weighted by Gasteiger charge is 2.14. The lowest BCUT2D eigenvalue weighted by atomic mass is 10.1. The highest BCUT2D eigenvalue weighted by molar-refractivity contribution is 9.11. The van der Waals surface area contributed by atoms with Crippen LogP contribution < -0.4 is 10.1 Å². The van der Waals surface area contributed by atoms with Gasteiger partial charge in [-0.2, -0.15) is 5.26 Å². The third kappa shape index (κ3) is 6.36. The lowest BCUT2D eigenvalue weighted by Crippen LogP contribution is -2.14. The van der Waals surface area contributed by atoms with Gasteiger partial charge in [0.2, 0.25) is 0 Å². The van der Waals surface area contributed by atoms with Crippen LogP contribution in [0.1, 0.15) is 16.7 Å². The van der Waals surface area contributed by atoms with Gasteiger partial charge in [-0.3, -0.25) is 4.79 Å². The van der Waals surface area contributed by atoms with Crippen LogP contribution >= 0.6 is 55.1 Å². The number of anilines is 1. The lowest BCUT2D eigenvalue weighted by molar-refractivity contribution is -0.112. The Morgan fingerprint density at radius 1 is 1.06 bits per heavy atom. The number of nitriles is 1. The fourth-order valence-corrected chi connectivity index (χ4v) is 4.52. The summed E-state index contributed by atoms with van der Waals surface area (Å²) >= 11 is 18.9. The minimum atomic E-state index is -0.520. The zero-order chi connectivity index (χ0) is 23.3. The first-order valence-electron chi connectivity index (χ1n) is 9.32. The van der Waals surface area contributed by atoms with Gasteiger partial charge in [-0.15, -0.1) is 0 Å². The molecule has 3 aromatic rings. The Bertz CT molecular complexity index is 1210. The number of nitrogens with one attached hydrogen (secondary N) is 1. The van der Waals surface area contributed by atoms with Gasteiger partial charge in [0.05, 0.1) is 8.95 Å². The molecule has 0 radical (unpaired) electrons. The van der Waals surface area contributed by atoms with Crippen molar-refractivity contribution in [1.29, 1.82) is 5.26 Å². The van der Waals surface area contributed by atoms with Gasteiger partial charge in [0.1, 0.15) is 24.0 Å². The van der Waals surface area contributed by atoms with Crippen molar-refractivity contribution in [2.75, 3.05) is 5.32 Å². The van der Waals surface area contributed by atoms with Crippen molar-refractivity contribution >= 4 is 72.7 Å². The fourth-order valence-electron chi connectivity index (χ4n) is 2.77. The monoisotopic (exact) mass is 592 g/mol. The van der Waals surface area contributed by atoms with E-state index in [4.69, 9.17) is 27.9 Å². The summed E-state index contributed by atoms with van der Waals surface area (Å²) in [4.78, 5) is 12.6. The summed E-state index contributed by atoms with van der Waals surface area (Å²) in [5.41, 5.74) is 2.97. The summed E-state index contributed by atoms with van der Waals surface area (Å²) in [7, 11) is 0. The zero-order valence-electron chi connectivity index (χ0n) is 16.8. The number of carbonyl (C=O) groups is 1. The van der Waals surface area contributed by atoms with Gasteiger partial charge >= 0.3 is 0 Å². The van der Waals surface area contributed by atoms with Gasteiger partial charge in [-0.05, 0) is 97.9 Å². The molecule has 0 fully saturated rings. The van der Waals surface area contributed by atoms with Gasteiger partial charge in [0, 0.05) is 15.7 Å². The molecule has 1 amide bonds. The van der Waals surface area contributed by atoms with Crippen molar-refractivity contribution in [1.82, 2.24) is 0 Å². The van der Waals surface area contributed by atoms with Crippen molar-refractivity contribution in [3.63, 3.8) is 0 Å². The molecule has 0 aliphatic carbocycles. The second-order valence-corrected chi connectivity index (χ2v) is 9.39. The lowest BCUT2D eigenvalue weighted by Gasteiger charge is -2.12. The molecule has 0 bridgehead atoms. The Morgan fingerprint density at radius 2 is 1.69 bits per heavy atom. The number of hydrogen-bond acceptors (Lipinski definition) is 3. The van der Waals surface area contributed by atoms with E-state index in [1.54, 1.807) is 42.5 Å². The molecule has 4 nitrogen and oxygen atoms in total. The molecule has 0 aromatic heterocycles. The van der Waals surface area contributed by atoms with E-state index >= 15 is 0 Å². The Morgan fingerprint density at radius 3 is 2.31 bits per heavy atom. The fraction of sp³-hybridized carbons (Fsp3) is 0.0833. The van der Waals surface area contributed by atoms with E-state index in [-0.39, 0.29) is 5.57 Å². The molecular weight excluding hydrogens is 579 g/mol. The van der Waals surface area contributed by atoms with Crippen LogP contribution in [0.25, 0.3) is 6.08 Å². The molecule has 0 heterocycles. The van der Waals surface area contributed by atoms with E-state index in [9.17, 15) is 10.1 Å². The van der Waals surface area contributed by atoms with E-state index in [1.807, 2.05) is 25.1 Å². The first kappa shape index (κ1) is 24.3. The van der Waals surface area contributed by atoms with E-state index in [0.29, 0.717) is 42.6 Å². The predicted octanol–water partition coefficient (Wildman–Crippen LogP) is 7.95. The number of hydrogen-bond donors (Lipinski definition) is 1. The molecule has 0 spiro atoms. The smallest absolute Gasteiger partial charge is 0.266 e. The second kappa shape index (κ2) is 11.0. The second-order valence-electron chi connectivity index (χ2n) is 6.81. The number of nitrogens with zero attached hydrogens (tertiary/aromatic N) is 1. The topological polar surface area (TPSA) is 62.1 Å². The van der Waals surface area contributed by atoms with Gasteiger partial charge in [-0.1, -0.05) is 41.4 Å². The van der Waals surface area contributed by atoms with Gasteiger partial charge in [-0.25, -0.2) is 0 Å². The van der Waals surface area contributed by atoms with Crippen LogP contribution in [0.3, 0.4) is 0 Å². The molecule has 0 aliphatic heterocycles. The number of halogens is 4. The number of benzene rings is 3. The maximum atomic E-state index is 12.6. The molecule has 0 saturated carbocycles. The SMILES string of the molecule is Cc1ccc(Cl)cc1NC(=O)/C(C#N)=C/c1cc(Br)c(OCc2ccc(Cl)cc2)c(Br)c1. The molecule has 32 heavy (non-hydrogen) atoms. The Kier molecular flexibility index (Phi) is 8.38. The summed E-state index contributed by atoms with van der Waals surface area (Å²) in [6.45, 7) is 2.20. The van der Waals surface area contributed by atoms with Crippen LogP contribution in [0.4, 0.5) is 5.69 Å². The van der Waals surface area contributed by atoms with E-state index in [0.717, 1.165) is 11.1 Å². The first-order chi connectivity index (χ1) is 15.3. The number of aryl methyl sites for hydroxylation is 1. The number of ether oxygens (including phenoxy) is 1. The first-order valence-corrected chi connectivity index (χ1v) is 11.7. The van der Waals surface area contributed by atoms with E-state index in [1.165, 1.54) is 6.08 Å². The molecule has 3 aromatic carbocycles. The quantitative estimate of drug-likeness (QED) is 0.233. The summed E-state index contributed by atoms with van der Waals surface area (Å²) in [6.07, 6.45) is 1.51. The number of carbonyl (C=O) groups excluding carboxylic acids is 1. The standard InChI is InChI=1S/C24H16Br2Cl2N2O2/c1-14-2-5-19(28)11-22(14)30-24(31)17(12-29)8-16-9-20(25)23(21(26)10-16)32-13-15-3-6-18(27)7-4-15/h2-11H,13H2,1H3,(H,30,31)/b17-8+. The van der Waals surface area contributed by atoms with Crippen LogP contribution in [-0.4, -0.2) is 5.91 Å². The number of rotatable bonds is 6. The van der Waals surface area contributed by atoms with Crippen molar-refractivity contribution in [3.8, 4) is 11.8 Å². The van der Waals surface area contributed by atoms with Crippen LogP contribution in [0.5, 0.6) is 5.75 Å². The average molecular weight is 595 g/mol. The molecule has 0 aliphatic rings.